The molecule has 0 aliphatic heterocycles. The van der Waals surface area contributed by atoms with Crippen LogP contribution in [0.3, 0.4) is 0 Å². The lowest BCUT2D eigenvalue weighted by atomic mass is 9.98. The summed E-state index contributed by atoms with van der Waals surface area (Å²) in [6.07, 6.45) is -1.42. The maximum Gasteiger partial charge on any atom is 0.416 e. The standard InChI is InChI=1S/C16H22F3NO/c1-12(5-4-8-20-9-10-21-3)15-7-6-14(11-13(15)2)16(17,18)19/h5-7,11,20H,4,8-10H2,1-3H3/b12-5-. The summed E-state index contributed by atoms with van der Waals surface area (Å²) in [6, 6.07) is 3.88. The first-order chi connectivity index (χ1) is 9.86. The van der Waals surface area contributed by atoms with Crippen LogP contribution < -0.4 is 5.32 Å². The van der Waals surface area contributed by atoms with E-state index in [2.05, 4.69) is 5.32 Å². The Balaban J connectivity index is 2.64. The van der Waals surface area contributed by atoms with Gasteiger partial charge >= 0.3 is 6.18 Å². The molecule has 0 aliphatic rings. The van der Waals surface area contributed by atoms with Crippen molar-refractivity contribution in [2.45, 2.75) is 26.4 Å². The van der Waals surface area contributed by atoms with E-state index in [9.17, 15) is 13.2 Å². The molecule has 0 radical (unpaired) electrons. The van der Waals surface area contributed by atoms with E-state index in [1.165, 1.54) is 6.07 Å². The number of aryl methyl sites for hydroxylation is 1. The summed E-state index contributed by atoms with van der Waals surface area (Å²) < 4.78 is 42.8. The summed E-state index contributed by atoms with van der Waals surface area (Å²) >= 11 is 0. The molecular weight excluding hydrogens is 279 g/mol. The van der Waals surface area contributed by atoms with Crippen molar-refractivity contribution >= 4 is 5.57 Å². The highest BCUT2D eigenvalue weighted by Crippen LogP contribution is 2.31. The molecule has 0 saturated carbocycles. The first-order valence-electron chi connectivity index (χ1n) is 6.91. The van der Waals surface area contributed by atoms with Crippen LogP contribution in [0.5, 0.6) is 0 Å². The predicted molar refractivity (Wildman–Crippen MR) is 79.2 cm³/mol. The minimum absolute atomic E-state index is 0.599. The van der Waals surface area contributed by atoms with Gasteiger partial charge in [-0.25, -0.2) is 0 Å². The summed E-state index contributed by atoms with van der Waals surface area (Å²) in [7, 11) is 1.65. The van der Waals surface area contributed by atoms with Crippen LogP contribution in [0, 0.1) is 6.92 Å². The highest BCUT2D eigenvalue weighted by atomic mass is 19.4. The lowest BCUT2D eigenvalue weighted by Gasteiger charge is -2.11. The number of rotatable bonds is 7. The van der Waals surface area contributed by atoms with Crippen LogP contribution in [0.4, 0.5) is 13.2 Å². The van der Waals surface area contributed by atoms with E-state index in [1.54, 1.807) is 20.1 Å². The monoisotopic (exact) mass is 301 g/mol. The normalized spacial score (nSPS) is 12.8. The molecule has 0 fully saturated rings. The molecule has 1 N–H and O–H groups in total. The molecule has 1 aromatic carbocycles. The lowest BCUT2D eigenvalue weighted by molar-refractivity contribution is -0.137. The van der Waals surface area contributed by atoms with Crippen LogP contribution in [0.25, 0.3) is 5.57 Å². The molecule has 0 amide bonds. The molecule has 0 heterocycles. The van der Waals surface area contributed by atoms with Gasteiger partial charge in [0.2, 0.25) is 0 Å². The highest BCUT2D eigenvalue weighted by molar-refractivity contribution is 5.66. The first-order valence-corrected chi connectivity index (χ1v) is 6.91. The quantitative estimate of drug-likeness (QED) is 0.767. The van der Waals surface area contributed by atoms with Gasteiger partial charge in [0, 0.05) is 13.7 Å². The Morgan fingerprint density at radius 1 is 1.29 bits per heavy atom. The lowest BCUT2D eigenvalue weighted by Crippen LogP contribution is -2.19. The number of methoxy groups -OCH3 is 1. The summed E-state index contributed by atoms with van der Waals surface area (Å²) in [6.45, 7) is 5.91. The Hall–Kier alpha value is -1.33. The fourth-order valence-corrected chi connectivity index (χ4v) is 2.08. The number of ether oxygens (including phenoxy) is 1. The molecule has 2 nitrogen and oxygen atoms in total. The topological polar surface area (TPSA) is 21.3 Å². The van der Waals surface area contributed by atoms with Gasteiger partial charge in [-0.2, -0.15) is 13.2 Å². The Morgan fingerprint density at radius 3 is 2.57 bits per heavy atom. The molecule has 0 saturated heterocycles. The van der Waals surface area contributed by atoms with E-state index in [0.717, 1.165) is 36.7 Å². The summed E-state index contributed by atoms with van der Waals surface area (Å²) in [5.41, 5.74) is 1.90. The number of allylic oxidation sites excluding steroid dienone is 1. The molecule has 0 atom stereocenters. The van der Waals surface area contributed by atoms with E-state index in [4.69, 9.17) is 4.74 Å². The van der Waals surface area contributed by atoms with Crippen molar-refractivity contribution < 1.29 is 17.9 Å². The summed E-state index contributed by atoms with van der Waals surface area (Å²) in [5.74, 6) is 0. The van der Waals surface area contributed by atoms with Crippen LogP contribution in [0.15, 0.2) is 24.3 Å². The fourth-order valence-electron chi connectivity index (χ4n) is 2.08. The first kappa shape index (κ1) is 17.7. The number of hydrogen-bond acceptors (Lipinski definition) is 2. The molecule has 0 bridgehead atoms. The molecule has 21 heavy (non-hydrogen) atoms. The van der Waals surface area contributed by atoms with Crippen molar-refractivity contribution in [3.05, 3.63) is 41.0 Å². The van der Waals surface area contributed by atoms with Gasteiger partial charge in [0.1, 0.15) is 0 Å². The zero-order valence-electron chi connectivity index (χ0n) is 12.7. The third-order valence-corrected chi connectivity index (χ3v) is 3.23. The smallest absolute Gasteiger partial charge is 0.383 e. The molecule has 1 aromatic rings. The molecule has 0 spiro atoms. The van der Waals surface area contributed by atoms with Crippen molar-refractivity contribution in [2.75, 3.05) is 26.8 Å². The van der Waals surface area contributed by atoms with Gasteiger partial charge in [-0.05, 0) is 55.6 Å². The van der Waals surface area contributed by atoms with Crippen molar-refractivity contribution in [3.8, 4) is 0 Å². The minimum atomic E-state index is -4.29. The number of alkyl halides is 3. The maximum absolute atomic E-state index is 12.6. The Labute approximate surface area is 124 Å². The van der Waals surface area contributed by atoms with Crippen molar-refractivity contribution in [1.82, 2.24) is 5.32 Å². The van der Waals surface area contributed by atoms with Gasteiger partial charge in [-0.3, -0.25) is 0 Å². The molecule has 5 heteroatoms. The maximum atomic E-state index is 12.6. The number of hydrogen-bond donors (Lipinski definition) is 1. The van der Waals surface area contributed by atoms with E-state index < -0.39 is 11.7 Å². The zero-order valence-corrected chi connectivity index (χ0v) is 12.7. The number of nitrogens with one attached hydrogen (secondary N) is 1. The largest absolute Gasteiger partial charge is 0.416 e. The van der Waals surface area contributed by atoms with Gasteiger partial charge in [-0.15, -0.1) is 0 Å². The van der Waals surface area contributed by atoms with Crippen LogP contribution >= 0.6 is 0 Å². The average Bonchev–Trinajstić information content (AvgIpc) is 2.41. The van der Waals surface area contributed by atoms with Crippen LogP contribution in [-0.2, 0) is 10.9 Å². The molecule has 0 aromatic heterocycles. The fraction of sp³-hybridized carbons (Fsp3) is 0.500. The average molecular weight is 301 g/mol. The third-order valence-electron chi connectivity index (χ3n) is 3.23. The molecule has 1 rings (SSSR count). The van der Waals surface area contributed by atoms with E-state index in [-0.39, 0.29) is 0 Å². The van der Waals surface area contributed by atoms with Crippen LogP contribution in [0.1, 0.15) is 30.0 Å². The predicted octanol–water partition coefficient (Wildman–Crippen LogP) is 4.04. The van der Waals surface area contributed by atoms with Crippen molar-refractivity contribution in [1.29, 1.82) is 0 Å². The molecule has 0 aliphatic carbocycles. The zero-order chi connectivity index (χ0) is 15.9. The van der Waals surface area contributed by atoms with Gasteiger partial charge < -0.3 is 10.1 Å². The van der Waals surface area contributed by atoms with Crippen molar-refractivity contribution in [3.63, 3.8) is 0 Å². The second-order valence-electron chi connectivity index (χ2n) is 4.95. The number of benzene rings is 1. The van der Waals surface area contributed by atoms with Crippen LogP contribution in [-0.4, -0.2) is 26.8 Å². The van der Waals surface area contributed by atoms with E-state index in [0.29, 0.717) is 12.2 Å². The van der Waals surface area contributed by atoms with Crippen molar-refractivity contribution in [2.24, 2.45) is 0 Å². The van der Waals surface area contributed by atoms with Gasteiger partial charge in [0.15, 0.2) is 0 Å². The Kier molecular flexibility index (Phi) is 6.92. The molecular formula is C16H22F3NO. The minimum Gasteiger partial charge on any atom is -0.383 e. The third kappa shape index (κ3) is 5.89. The summed E-state index contributed by atoms with van der Waals surface area (Å²) in [5, 5.41) is 3.22. The molecule has 0 unspecified atom stereocenters. The Bertz CT molecular complexity index is 481. The number of halogens is 3. The second-order valence-corrected chi connectivity index (χ2v) is 4.95. The van der Waals surface area contributed by atoms with E-state index >= 15 is 0 Å². The van der Waals surface area contributed by atoms with Gasteiger partial charge in [0.05, 0.1) is 12.2 Å². The highest BCUT2D eigenvalue weighted by Gasteiger charge is 2.30. The Morgan fingerprint density at radius 2 is 2.00 bits per heavy atom. The van der Waals surface area contributed by atoms with Gasteiger partial charge in [-0.1, -0.05) is 12.1 Å². The molecule has 118 valence electrons. The van der Waals surface area contributed by atoms with Gasteiger partial charge in [0.25, 0.3) is 0 Å². The second kappa shape index (κ2) is 8.20. The SMILES string of the molecule is COCCNCC/C=C(/C)c1ccc(C(F)(F)F)cc1C. The summed E-state index contributed by atoms with van der Waals surface area (Å²) in [4.78, 5) is 0. The van der Waals surface area contributed by atoms with Crippen LogP contribution in [0.2, 0.25) is 0 Å². The van der Waals surface area contributed by atoms with E-state index in [1.807, 2.05) is 13.0 Å².